The van der Waals surface area contributed by atoms with Crippen molar-refractivity contribution in [1.29, 1.82) is 0 Å². The number of thioether (sulfide) groups is 1. The summed E-state index contributed by atoms with van der Waals surface area (Å²) >= 11 is 1.35. The average Bonchev–Trinajstić information content (AvgIpc) is 2.93. The molecule has 7 nitrogen and oxygen atoms in total. The van der Waals surface area contributed by atoms with E-state index >= 15 is 0 Å². The van der Waals surface area contributed by atoms with Crippen LogP contribution in [-0.4, -0.2) is 25.8 Å². The molecule has 0 bridgehead atoms. The molecule has 0 N–H and O–H groups in total. The second-order valence-corrected chi connectivity index (χ2v) is 8.69. The maximum absolute atomic E-state index is 12.4. The molecule has 8 heteroatoms. The molecule has 1 heterocycles. The molecule has 5 rings (SSSR count). The Bertz CT molecular complexity index is 1320. The van der Waals surface area contributed by atoms with E-state index < -0.39 is 14.7 Å². The zero-order chi connectivity index (χ0) is 22.3. The molecule has 3 aliphatic rings. The lowest BCUT2D eigenvalue weighted by Crippen LogP contribution is -2.43. The molecule has 1 atom stereocenters. The maximum atomic E-state index is 12.4. The molecule has 0 radical (unpaired) electrons. The summed E-state index contributed by atoms with van der Waals surface area (Å²) < 4.78 is 1.99. The summed E-state index contributed by atoms with van der Waals surface area (Å²) in [5.41, 5.74) is 2.28. The third kappa shape index (κ3) is 2.99. The van der Waals surface area contributed by atoms with Crippen LogP contribution < -0.4 is 0 Å². The van der Waals surface area contributed by atoms with Crippen LogP contribution in [-0.2, 0) is 11.4 Å². The number of nitrogens with zero attached hydrogens (tertiary/aromatic N) is 3. The lowest BCUT2D eigenvalue weighted by atomic mass is 9.87. The van der Waals surface area contributed by atoms with Crippen LogP contribution in [0.25, 0.3) is 0 Å². The summed E-state index contributed by atoms with van der Waals surface area (Å²) in [6.45, 7) is 0.401. The van der Waals surface area contributed by atoms with E-state index in [2.05, 4.69) is 0 Å². The standard InChI is InChI=1S/C24H17N3O4S/c28-26(29)21-15-23(27(30)31)24(19-12-8-7-11-18(19)21)25(16-17-9-3-1-4-10-17)20-13-5-2-6-14-22(20)32-24/h1-15H,16H2. The van der Waals surface area contributed by atoms with Crippen molar-refractivity contribution in [1.82, 2.24) is 0 Å². The van der Waals surface area contributed by atoms with E-state index in [4.69, 9.17) is 0 Å². The van der Waals surface area contributed by atoms with Crippen LogP contribution in [0.1, 0.15) is 16.7 Å². The molecule has 2 aromatic rings. The Morgan fingerprint density at radius 3 is 2.44 bits per heavy atom. The minimum Gasteiger partial charge on any atom is -0.612 e. The van der Waals surface area contributed by atoms with Crippen LogP contribution in [0, 0.1) is 20.5 Å². The fraction of sp³-hybridized carbons (Fsp3) is 0.0833. The number of allylic oxidation sites excluding steroid dienone is 7. The molecule has 1 unspecified atom stereocenters. The SMILES string of the molecule is O=[N+]([O-])C1=CC(=[N+]([O-])[O-])c2ccccc2C12SC1=CC=CC=CC1=[N+]2Cc1ccccc1. The fourth-order valence-corrected chi connectivity index (χ4v) is 5.89. The topological polar surface area (TPSA) is 95.3 Å². The Morgan fingerprint density at radius 1 is 0.938 bits per heavy atom. The lowest BCUT2D eigenvalue weighted by Gasteiger charge is -2.28. The van der Waals surface area contributed by atoms with E-state index in [1.807, 2.05) is 65.3 Å². The van der Waals surface area contributed by atoms with Gasteiger partial charge in [-0.1, -0.05) is 60.7 Å². The number of nitro groups is 1. The Labute approximate surface area is 188 Å². The number of rotatable bonds is 3. The van der Waals surface area contributed by atoms with Crippen molar-refractivity contribution in [2.45, 2.75) is 11.4 Å². The summed E-state index contributed by atoms with van der Waals surface area (Å²) in [7, 11) is 0. The van der Waals surface area contributed by atoms with Crippen molar-refractivity contribution in [3.63, 3.8) is 0 Å². The first-order chi connectivity index (χ1) is 15.5. The van der Waals surface area contributed by atoms with Gasteiger partial charge in [-0.3, -0.25) is 10.1 Å². The van der Waals surface area contributed by atoms with E-state index in [-0.39, 0.29) is 11.4 Å². The largest absolute Gasteiger partial charge is 0.612 e. The van der Waals surface area contributed by atoms with E-state index in [0.29, 0.717) is 17.7 Å². The predicted octanol–water partition coefficient (Wildman–Crippen LogP) is 4.22. The van der Waals surface area contributed by atoms with Gasteiger partial charge in [0, 0.05) is 11.6 Å². The molecular formula is C24H17N3O4S. The number of benzene rings is 2. The van der Waals surface area contributed by atoms with Crippen LogP contribution in [0.2, 0.25) is 0 Å². The smallest absolute Gasteiger partial charge is 0.339 e. The van der Waals surface area contributed by atoms with E-state index in [9.17, 15) is 20.5 Å². The van der Waals surface area contributed by atoms with Crippen LogP contribution >= 0.6 is 11.8 Å². The Balaban J connectivity index is 1.85. The van der Waals surface area contributed by atoms with Crippen LogP contribution in [0.3, 0.4) is 0 Å². The lowest BCUT2D eigenvalue weighted by molar-refractivity contribution is -0.618. The van der Waals surface area contributed by atoms with Gasteiger partial charge < -0.3 is 10.4 Å². The minimum absolute atomic E-state index is 0.220. The molecule has 0 fully saturated rings. The van der Waals surface area contributed by atoms with Gasteiger partial charge in [0.05, 0.1) is 27.0 Å². The highest BCUT2D eigenvalue weighted by atomic mass is 32.2. The second kappa shape index (κ2) is 7.65. The zero-order valence-corrected chi connectivity index (χ0v) is 17.6. The Morgan fingerprint density at radius 2 is 1.69 bits per heavy atom. The van der Waals surface area contributed by atoms with E-state index in [0.717, 1.165) is 22.3 Å². The fourth-order valence-electron chi connectivity index (χ4n) is 4.34. The van der Waals surface area contributed by atoms with Gasteiger partial charge in [-0.2, -0.15) is 9.48 Å². The van der Waals surface area contributed by atoms with Crippen LogP contribution in [0.4, 0.5) is 0 Å². The average molecular weight is 443 g/mol. The molecule has 0 saturated heterocycles. The molecule has 158 valence electrons. The first-order valence-electron chi connectivity index (χ1n) is 9.93. The molecular weight excluding hydrogens is 426 g/mol. The summed E-state index contributed by atoms with van der Waals surface area (Å²) in [5, 5.41) is 36.0. The zero-order valence-electron chi connectivity index (χ0n) is 16.8. The molecule has 32 heavy (non-hydrogen) atoms. The highest BCUT2D eigenvalue weighted by Gasteiger charge is 2.64. The van der Waals surface area contributed by atoms with Crippen LogP contribution in [0.15, 0.2) is 102 Å². The molecule has 0 amide bonds. The number of fused-ring (bicyclic) bond motifs is 3. The van der Waals surface area contributed by atoms with Gasteiger partial charge in [-0.05, 0) is 30.0 Å². The van der Waals surface area contributed by atoms with Crippen LogP contribution in [0.5, 0.6) is 0 Å². The summed E-state index contributed by atoms with van der Waals surface area (Å²) in [6.07, 6.45) is 10.7. The molecule has 0 saturated carbocycles. The highest BCUT2D eigenvalue weighted by molar-refractivity contribution is 8.05. The van der Waals surface area contributed by atoms with Crippen molar-refractivity contribution < 1.29 is 14.4 Å². The van der Waals surface area contributed by atoms with E-state index in [1.165, 1.54) is 11.8 Å². The highest BCUT2D eigenvalue weighted by Crippen LogP contribution is 2.55. The van der Waals surface area contributed by atoms with Gasteiger partial charge in [0.2, 0.25) is 11.4 Å². The van der Waals surface area contributed by atoms with Crippen molar-refractivity contribution in [3.05, 3.63) is 139 Å². The van der Waals surface area contributed by atoms with Crippen molar-refractivity contribution >= 4 is 23.2 Å². The first kappa shape index (κ1) is 20.0. The predicted molar refractivity (Wildman–Crippen MR) is 124 cm³/mol. The maximum Gasteiger partial charge on any atom is 0.339 e. The normalized spacial score (nSPS) is 21.1. The van der Waals surface area contributed by atoms with Gasteiger partial charge >= 0.3 is 10.6 Å². The molecule has 2 aliphatic carbocycles. The molecule has 2 aromatic carbocycles. The van der Waals surface area contributed by atoms with E-state index in [1.54, 1.807) is 24.3 Å². The Hall–Kier alpha value is -3.91. The quantitative estimate of drug-likeness (QED) is 0.306. The molecule has 0 aromatic heterocycles. The first-order valence-corrected chi connectivity index (χ1v) is 10.7. The van der Waals surface area contributed by atoms with Gasteiger partial charge in [-0.15, -0.1) is 0 Å². The van der Waals surface area contributed by atoms with Gasteiger partial charge in [0.25, 0.3) is 0 Å². The van der Waals surface area contributed by atoms with Crippen molar-refractivity contribution in [3.8, 4) is 0 Å². The minimum atomic E-state index is -1.24. The van der Waals surface area contributed by atoms with Crippen molar-refractivity contribution in [2.75, 3.05) is 0 Å². The molecule has 1 aliphatic heterocycles. The third-order valence-corrected chi connectivity index (χ3v) is 7.18. The molecule has 1 spiro atoms. The summed E-state index contributed by atoms with van der Waals surface area (Å²) in [6, 6.07) is 16.6. The Kier molecular flexibility index (Phi) is 4.79. The summed E-state index contributed by atoms with van der Waals surface area (Å²) in [4.78, 5) is 11.0. The number of hydrogen-bond acceptors (Lipinski definition) is 5. The summed E-state index contributed by atoms with van der Waals surface area (Å²) in [5.74, 6) is 0. The van der Waals surface area contributed by atoms with Gasteiger partial charge in [-0.25, -0.2) is 0 Å². The van der Waals surface area contributed by atoms with Gasteiger partial charge in [0.15, 0.2) is 6.54 Å². The van der Waals surface area contributed by atoms with Gasteiger partial charge in [0.1, 0.15) is 0 Å². The monoisotopic (exact) mass is 443 g/mol. The third-order valence-electron chi connectivity index (χ3n) is 5.67. The second-order valence-electron chi connectivity index (χ2n) is 7.45. The number of hydrogen-bond donors (Lipinski definition) is 0. The van der Waals surface area contributed by atoms with Crippen molar-refractivity contribution in [2.24, 2.45) is 0 Å².